The zero-order valence-electron chi connectivity index (χ0n) is 11.1. The zero-order chi connectivity index (χ0) is 14.9. The first-order valence-electron chi connectivity index (χ1n) is 6.09. The summed E-state index contributed by atoms with van der Waals surface area (Å²) in [4.78, 5) is 0. The van der Waals surface area contributed by atoms with Gasteiger partial charge >= 0.3 is 0 Å². The minimum atomic E-state index is -0.445. The van der Waals surface area contributed by atoms with Crippen molar-refractivity contribution < 1.29 is 4.39 Å². The molecule has 0 aliphatic heterocycles. The molecule has 0 amide bonds. The number of nitrogens with two attached hydrogens (primary N) is 1. The quantitative estimate of drug-likeness (QED) is 0.646. The molecule has 0 bridgehead atoms. The first-order valence-corrected chi connectivity index (χ1v) is 7.26. The van der Waals surface area contributed by atoms with E-state index in [1.807, 2.05) is 13.8 Å². The number of hydrogen-bond donors (Lipinski definition) is 2. The number of halogens is 3. The average Bonchev–Trinajstić information content (AvgIpc) is 2.72. The molecule has 1 aromatic heterocycles. The molecule has 1 aromatic carbocycles. The van der Waals surface area contributed by atoms with E-state index in [1.54, 1.807) is 16.9 Å². The van der Waals surface area contributed by atoms with Crippen molar-refractivity contribution in [2.45, 2.75) is 25.9 Å². The second-order valence-electron chi connectivity index (χ2n) is 4.72. The van der Waals surface area contributed by atoms with Crippen LogP contribution in [0.4, 0.5) is 4.39 Å². The summed E-state index contributed by atoms with van der Waals surface area (Å²) in [6, 6.07) is 4.27. The van der Waals surface area contributed by atoms with E-state index < -0.39 is 6.04 Å². The minimum Gasteiger partial charge on any atom is -0.271 e. The topological polar surface area (TPSA) is 55.9 Å². The van der Waals surface area contributed by atoms with Crippen LogP contribution in [0.25, 0.3) is 0 Å². The Balaban J connectivity index is 2.55. The van der Waals surface area contributed by atoms with Crippen LogP contribution in [-0.4, -0.2) is 9.78 Å². The van der Waals surface area contributed by atoms with E-state index in [0.717, 1.165) is 0 Å². The third kappa shape index (κ3) is 3.03. The summed E-state index contributed by atoms with van der Waals surface area (Å²) in [6.45, 7) is 3.98. The van der Waals surface area contributed by atoms with Crippen LogP contribution in [0.5, 0.6) is 0 Å². The molecule has 2 aromatic rings. The van der Waals surface area contributed by atoms with Crippen molar-refractivity contribution in [2.24, 2.45) is 5.84 Å². The van der Waals surface area contributed by atoms with Crippen LogP contribution in [0.3, 0.4) is 0 Å². The van der Waals surface area contributed by atoms with Gasteiger partial charge in [0.25, 0.3) is 0 Å². The Morgan fingerprint density at radius 2 is 2.10 bits per heavy atom. The highest BCUT2D eigenvalue weighted by Crippen LogP contribution is 2.31. The first-order chi connectivity index (χ1) is 9.43. The molecular weight excluding hydrogens is 347 g/mol. The SMILES string of the molecule is CC(C)n1ncc(Cl)c1C(NN)c1cc(F)cc(Br)c1. The molecule has 20 heavy (non-hydrogen) atoms. The fraction of sp³-hybridized carbons (Fsp3) is 0.308. The maximum atomic E-state index is 13.6. The van der Waals surface area contributed by atoms with Gasteiger partial charge in [0.2, 0.25) is 0 Å². The lowest BCUT2D eigenvalue weighted by Crippen LogP contribution is -2.31. The van der Waals surface area contributed by atoms with E-state index in [4.69, 9.17) is 17.4 Å². The maximum absolute atomic E-state index is 13.6. The molecule has 0 fully saturated rings. The van der Waals surface area contributed by atoms with E-state index in [-0.39, 0.29) is 11.9 Å². The number of rotatable bonds is 4. The molecule has 1 heterocycles. The summed E-state index contributed by atoms with van der Waals surface area (Å²) in [5.41, 5.74) is 4.06. The highest BCUT2D eigenvalue weighted by molar-refractivity contribution is 9.10. The molecule has 2 rings (SSSR count). The predicted molar refractivity (Wildman–Crippen MR) is 80.9 cm³/mol. The van der Waals surface area contributed by atoms with Gasteiger partial charge in [0.1, 0.15) is 5.82 Å². The van der Waals surface area contributed by atoms with Gasteiger partial charge in [0.15, 0.2) is 0 Å². The first kappa shape index (κ1) is 15.4. The highest BCUT2D eigenvalue weighted by atomic mass is 79.9. The Morgan fingerprint density at radius 1 is 1.40 bits per heavy atom. The van der Waals surface area contributed by atoms with Crippen molar-refractivity contribution in [3.8, 4) is 0 Å². The van der Waals surface area contributed by atoms with E-state index in [9.17, 15) is 4.39 Å². The predicted octanol–water partition coefficient (Wildman–Crippen LogP) is 3.57. The van der Waals surface area contributed by atoms with Gasteiger partial charge < -0.3 is 0 Å². The van der Waals surface area contributed by atoms with Crippen LogP contribution in [0.15, 0.2) is 28.9 Å². The Labute approximate surface area is 130 Å². The molecule has 0 radical (unpaired) electrons. The second-order valence-corrected chi connectivity index (χ2v) is 6.04. The molecular formula is C13H15BrClFN4. The van der Waals surface area contributed by atoms with Gasteiger partial charge in [-0.25, -0.2) is 9.82 Å². The zero-order valence-corrected chi connectivity index (χ0v) is 13.4. The van der Waals surface area contributed by atoms with E-state index in [1.165, 1.54) is 12.1 Å². The monoisotopic (exact) mass is 360 g/mol. The summed E-state index contributed by atoms with van der Waals surface area (Å²) >= 11 is 9.48. The summed E-state index contributed by atoms with van der Waals surface area (Å²) in [5, 5.41) is 4.73. The molecule has 0 aliphatic rings. The normalized spacial score (nSPS) is 12.9. The molecule has 4 nitrogen and oxygen atoms in total. The molecule has 0 aliphatic carbocycles. The van der Waals surface area contributed by atoms with Gasteiger partial charge in [-0.3, -0.25) is 10.5 Å². The van der Waals surface area contributed by atoms with Gasteiger partial charge in [0, 0.05) is 10.5 Å². The number of nitrogens with zero attached hydrogens (tertiary/aromatic N) is 2. The Bertz CT molecular complexity index is 594. The lowest BCUT2D eigenvalue weighted by Gasteiger charge is -2.21. The fourth-order valence-corrected chi connectivity index (χ4v) is 2.83. The van der Waals surface area contributed by atoms with Crippen LogP contribution in [-0.2, 0) is 0 Å². The Kier molecular flexibility index (Phi) is 4.80. The van der Waals surface area contributed by atoms with E-state index in [0.29, 0.717) is 20.8 Å². The lowest BCUT2D eigenvalue weighted by molar-refractivity contribution is 0.475. The number of hydrogen-bond acceptors (Lipinski definition) is 3. The van der Waals surface area contributed by atoms with Gasteiger partial charge in [-0.05, 0) is 37.6 Å². The molecule has 1 atom stereocenters. The largest absolute Gasteiger partial charge is 0.271 e. The smallest absolute Gasteiger partial charge is 0.124 e. The Hall–Kier alpha value is -0.950. The van der Waals surface area contributed by atoms with Gasteiger partial charge in [0.05, 0.1) is 23.0 Å². The highest BCUT2D eigenvalue weighted by Gasteiger charge is 2.23. The summed E-state index contributed by atoms with van der Waals surface area (Å²) in [5.74, 6) is 5.30. The van der Waals surface area contributed by atoms with E-state index in [2.05, 4.69) is 26.5 Å². The third-order valence-electron chi connectivity index (χ3n) is 2.93. The van der Waals surface area contributed by atoms with Crippen molar-refractivity contribution in [1.29, 1.82) is 0 Å². The van der Waals surface area contributed by atoms with Crippen LogP contribution >= 0.6 is 27.5 Å². The third-order valence-corrected chi connectivity index (χ3v) is 3.68. The maximum Gasteiger partial charge on any atom is 0.124 e. The molecule has 0 saturated heterocycles. The number of aromatic nitrogens is 2. The molecule has 0 saturated carbocycles. The van der Waals surface area contributed by atoms with Crippen molar-refractivity contribution in [2.75, 3.05) is 0 Å². The van der Waals surface area contributed by atoms with Crippen molar-refractivity contribution >= 4 is 27.5 Å². The number of hydrazine groups is 1. The van der Waals surface area contributed by atoms with Gasteiger partial charge in [-0.1, -0.05) is 27.5 Å². The van der Waals surface area contributed by atoms with Gasteiger partial charge in [-0.15, -0.1) is 0 Å². The molecule has 108 valence electrons. The average molecular weight is 362 g/mol. The van der Waals surface area contributed by atoms with E-state index >= 15 is 0 Å². The van der Waals surface area contributed by atoms with Crippen LogP contribution in [0.2, 0.25) is 5.02 Å². The fourth-order valence-electron chi connectivity index (χ4n) is 2.11. The minimum absolute atomic E-state index is 0.116. The summed E-state index contributed by atoms with van der Waals surface area (Å²) in [6.07, 6.45) is 1.57. The van der Waals surface area contributed by atoms with Crippen LogP contribution in [0, 0.1) is 5.82 Å². The van der Waals surface area contributed by atoms with Crippen LogP contribution in [0.1, 0.15) is 37.2 Å². The van der Waals surface area contributed by atoms with Crippen molar-refractivity contribution in [3.63, 3.8) is 0 Å². The van der Waals surface area contributed by atoms with Crippen LogP contribution < -0.4 is 11.3 Å². The Morgan fingerprint density at radius 3 is 2.65 bits per heavy atom. The summed E-state index contributed by atoms with van der Waals surface area (Å²) < 4.78 is 16.0. The number of benzene rings is 1. The van der Waals surface area contributed by atoms with Gasteiger partial charge in [-0.2, -0.15) is 5.10 Å². The van der Waals surface area contributed by atoms with Crippen molar-refractivity contribution in [1.82, 2.24) is 15.2 Å². The van der Waals surface area contributed by atoms with Crippen molar-refractivity contribution in [3.05, 3.63) is 51.0 Å². The molecule has 3 N–H and O–H groups in total. The summed E-state index contributed by atoms with van der Waals surface area (Å²) in [7, 11) is 0. The molecule has 1 unspecified atom stereocenters. The second kappa shape index (κ2) is 6.22. The molecule has 7 heteroatoms. The standard InChI is InChI=1S/C13H15BrClFN4/c1-7(2)20-13(11(15)6-18-20)12(19-17)8-3-9(14)5-10(16)4-8/h3-7,12,19H,17H2,1-2H3. The number of nitrogens with one attached hydrogen (secondary N) is 1. The molecule has 0 spiro atoms. The lowest BCUT2D eigenvalue weighted by atomic mass is 10.0.